The predicted octanol–water partition coefficient (Wildman–Crippen LogP) is 2.65. The minimum absolute atomic E-state index is 0.0188. The Morgan fingerprint density at radius 2 is 1.71 bits per heavy atom. The minimum atomic E-state index is -0.140. The summed E-state index contributed by atoms with van der Waals surface area (Å²) in [5, 5.41) is 6.56. The fourth-order valence-corrected chi connectivity index (χ4v) is 3.97. The quantitative estimate of drug-likeness (QED) is 0.437. The van der Waals surface area contributed by atoms with Gasteiger partial charge in [0.15, 0.2) is 6.61 Å². The maximum absolute atomic E-state index is 11.9. The number of nitrogens with one attached hydrogen (secondary N) is 2. The third kappa shape index (κ3) is 3.11. The van der Waals surface area contributed by atoms with Crippen molar-refractivity contribution in [3.05, 3.63) is 29.3 Å². The summed E-state index contributed by atoms with van der Waals surface area (Å²) < 4.78 is 5.36. The molecule has 0 unspecified atom stereocenters. The van der Waals surface area contributed by atoms with Gasteiger partial charge in [0, 0.05) is 38.7 Å². The van der Waals surface area contributed by atoms with Gasteiger partial charge >= 0.3 is 0 Å². The van der Waals surface area contributed by atoms with Crippen LogP contribution in [0.15, 0.2) is 24.3 Å². The lowest BCUT2D eigenvalue weighted by molar-refractivity contribution is -0.140. The molecule has 3 fully saturated rings. The molecule has 5 nitrogen and oxygen atoms in total. The molecule has 0 spiro atoms. The van der Waals surface area contributed by atoms with Crippen LogP contribution in [0.4, 0.5) is 4.79 Å². The summed E-state index contributed by atoms with van der Waals surface area (Å²) in [4.78, 5) is 22.9. The van der Waals surface area contributed by atoms with Crippen molar-refractivity contribution >= 4 is 44.0 Å². The van der Waals surface area contributed by atoms with Crippen molar-refractivity contribution in [1.82, 2.24) is 10.6 Å². The Morgan fingerprint density at radius 1 is 1.14 bits per heavy atom. The molecule has 21 heavy (non-hydrogen) atoms. The van der Waals surface area contributed by atoms with Gasteiger partial charge in [0.1, 0.15) is 5.75 Å². The number of ether oxygens (including phenoxy) is 1. The van der Waals surface area contributed by atoms with E-state index in [0.717, 1.165) is 19.3 Å². The molecule has 0 radical (unpaired) electrons. The Kier molecular flexibility index (Phi) is 3.77. The first-order valence-electron chi connectivity index (χ1n) is 6.58. The number of benzene rings is 1. The summed E-state index contributed by atoms with van der Waals surface area (Å²) in [5.41, 5.74) is -0.220. The highest BCUT2D eigenvalue weighted by Gasteiger charge is 2.69. The van der Waals surface area contributed by atoms with Gasteiger partial charge < -0.3 is 15.4 Å². The van der Waals surface area contributed by atoms with E-state index in [4.69, 9.17) is 16.3 Å². The van der Waals surface area contributed by atoms with Gasteiger partial charge in [-0.05, 0) is 43.5 Å². The van der Waals surface area contributed by atoms with Crippen LogP contribution in [0.3, 0.4) is 0 Å². The number of hydrogen-bond donors (Lipinski definition) is 2. The van der Waals surface area contributed by atoms with Crippen LogP contribution in [0.2, 0.25) is 5.02 Å². The Morgan fingerprint density at radius 3 is 2.29 bits per heavy atom. The van der Waals surface area contributed by atoms with Gasteiger partial charge in [0.05, 0.1) is 0 Å². The normalized spacial score (nSPS) is 28.9. The van der Waals surface area contributed by atoms with Crippen LogP contribution < -0.4 is 15.4 Å². The van der Waals surface area contributed by atoms with Crippen molar-refractivity contribution in [2.75, 3.05) is 6.61 Å². The number of halogens is 2. The highest BCUT2D eigenvalue weighted by Crippen LogP contribution is 2.60. The maximum atomic E-state index is 11.9. The van der Waals surface area contributed by atoms with Crippen molar-refractivity contribution in [3.8, 4) is 5.75 Å². The van der Waals surface area contributed by atoms with E-state index in [1.54, 1.807) is 46.9 Å². The molecule has 0 atom stereocenters. The Bertz CT molecular complexity index is 571. The molecule has 0 saturated heterocycles. The fraction of sp³-hybridized carbons (Fsp3) is 0.429. The molecule has 3 aliphatic carbocycles. The number of rotatable bonds is 5. The van der Waals surface area contributed by atoms with Crippen molar-refractivity contribution < 1.29 is 14.3 Å². The molecule has 3 saturated carbocycles. The first kappa shape index (κ1) is 14.9. The van der Waals surface area contributed by atoms with Gasteiger partial charge in [-0.15, -0.1) is 0 Å². The summed E-state index contributed by atoms with van der Waals surface area (Å²) in [6, 6.07) is 6.88. The first-order chi connectivity index (χ1) is 9.90. The zero-order chi connectivity index (χ0) is 15.1. The molecule has 2 N–H and O–H groups in total. The van der Waals surface area contributed by atoms with Gasteiger partial charge in [0.25, 0.3) is 9.82 Å². The summed E-state index contributed by atoms with van der Waals surface area (Å²) in [7, 11) is 0. The molecule has 7 heteroatoms. The van der Waals surface area contributed by atoms with Gasteiger partial charge in [-0.3, -0.25) is 9.59 Å². The van der Waals surface area contributed by atoms with E-state index in [1.807, 2.05) is 0 Å². The zero-order valence-corrected chi connectivity index (χ0v) is 14.0. The van der Waals surface area contributed by atoms with Crippen molar-refractivity contribution in [2.45, 2.75) is 30.3 Å². The number of hydrogen-bond acceptors (Lipinski definition) is 3. The first-order valence-corrected chi connectivity index (χ1v) is 8.03. The predicted molar refractivity (Wildman–Crippen MR) is 87.0 cm³/mol. The highest BCUT2D eigenvalue weighted by molar-refractivity contribution is 14.1. The van der Waals surface area contributed by atoms with E-state index in [-0.39, 0.29) is 27.5 Å². The lowest BCUT2D eigenvalue weighted by Gasteiger charge is -2.70. The van der Waals surface area contributed by atoms with E-state index < -0.39 is 0 Å². The SMILES string of the molecule is O=C(I)NC12CC(NC(=O)COc3ccc(Cl)cc3)(C1)C2. The van der Waals surface area contributed by atoms with E-state index in [9.17, 15) is 9.59 Å². The standard InChI is InChI=1S/C14H14ClIN2O3/c15-9-1-3-10(4-2-9)21-5-11(19)17-13-6-14(7-13,8-13)18-12(16)20/h1-4H,5-8H2,(H,17,19)(H,18,20). The van der Waals surface area contributed by atoms with Gasteiger partial charge in [0.2, 0.25) is 0 Å². The maximum Gasteiger partial charge on any atom is 0.281 e. The van der Waals surface area contributed by atoms with Gasteiger partial charge in [-0.1, -0.05) is 11.6 Å². The van der Waals surface area contributed by atoms with Gasteiger partial charge in [-0.2, -0.15) is 0 Å². The van der Waals surface area contributed by atoms with E-state index in [1.165, 1.54) is 0 Å². The summed E-state index contributed by atoms with van der Waals surface area (Å²) in [6.45, 7) is -0.0188. The molecular weight excluding hydrogens is 407 g/mol. The van der Waals surface area contributed by atoms with Crippen molar-refractivity contribution in [2.24, 2.45) is 0 Å². The Labute approximate surface area is 140 Å². The summed E-state index contributed by atoms with van der Waals surface area (Å²) in [6.07, 6.45) is 2.42. The van der Waals surface area contributed by atoms with Crippen LogP contribution in [-0.2, 0) is 4.79 Å². The number of carbonyl (C=O) groups excluding carboxylic acids is 2. The molecule has 4 rings (SSSR count). The molecule has 2 amide bonds. The number of amides is 2. The lowest BCUT2D eigenvalue weighted by Crippen LogP contribution is -2.83. The minimum Gasteiger partial charge on any atom is -0.484 e. The monoisotopic (exact) mass is 420 g/mol. The average Bonchev–Trinajstić information content (AvgIpc) is 2.33. The van der Waals surface area contributed by atoms with Crippen LogP contribution in [-0.4, -0.2) is 27.5 Å². The molecule has 0 heterocycles. The second-order valence-corrected chi connectivity index (χ2v) is 7.20. The molecule has 0 aliphatic heterocycles. The van der Waals surface area contributed by atoms with Gasteiger partial charge in [-0.25, -0.2) is 0 Å². The molecular formula is C14H14ClIN2O3. The largest absolute Gasteiger partial charge is 0.484 e. The molecule has 3 aliphatic rings. The van der Waals surface area contributed by atoms with Crippen LogP contribution in [0.1, 0.15) is 19.3 Å². The topological polar surface area (TPSA) is 67.4 Å². The van der Waals surface area contributed by atoms with Crippen molar-refractivity contribution in [1.29, 1.82) is 0 Å². The Balaban J connectivity index is 1.42. The second-order valence-electron chi connectivity index (χ2n) is 5.78. The van der Waals surface area contributed by atoms with Crippen LogP contribution in [0, 0.1) is 0 Å². The lowest BCUT2D eigenvalue weighted by atomic mass is 9.44. The van der Waals surface area contributed by atoms with Crippen LogP contribution >= 0.6 is 34.2 Å². The smallest absolute Gasteiger partial charge is 0.281 e. The molecule has 2 bridgehead atoms. The number of carbonyl (C=O) groups is 2. The molecule has 0 aromatic heterocycles. The van der Waals surface area contributed by atoms with E-state index >= 15 is 0 Å². The molecule has 1 aromatic carbocycles. The van der Waals surface area contributed by atoms with Crippen LogP contribution in [0.5, 0.6) is 5.75 Å². The molecule has 1 aromatic rings. The van der Waals surface area contributed by atoms with Crippen molar-refractivity contribution in [3.63, 3.8) is 0 Å². The van der Waals surface area contributed by atoms with E-state index in [0.29, 0.717) is 10.8 Å². The third-order valence-corrected chi connectivity index (χ3v) is 4.50. The average molecular weight is 421 g/mol. The third-order valence-electron chi connectivity index (χ3n) is 3.98. The molecule has 112 valence electrons. The summed E-state index contributed by atoms with van der Waals surface area (Å²) >= 11 is 7.51. The van der Waals surface area contributed by atoms with Crippen LogP contribution in [0.25, 0.3) is 0 Å². The second kappa shape index (κ2) is 5.31. The summed E-state index contributed by atoms with van der Waals surface area (Å²) in [5.74, 6) is 0.472. The Hall–Kier alpha value is -1.02. The highest BCUT2D eigenvalue weighted by atomic mass is 127. The fourth-order valence-electron chi connectivity index (χ4n) is 3.27. The zero-order valence-electron chi connectivity index (χ0n) is 11.1. The van der Waals surface area contributed by atoms with E-state index in [2.05, 4.69) is 10.6 Å².